The number of sulfonamides is 1. The number of aromatic amines is 1. The highest BCUT2D eigenvalue weighted by Gasteiger charge is 2.31. The van der Waals surface area contributed by atoms with E-state index in [-0.39, 0.29) is 11.1 Å². The molecule has 0 aliphatic carbocycles. The second-order valence-corrected chi connectivity index (χ2v) is 6.15. The van der Waals surface area contributed by atoms with Crippen LogP contribution in [0.2, 0.25) is 0 Å². The van der Waals surface area contributed by atoms with E-state index in [1.807, 2.05) is 7.05 Å². The van der Waals surface area contributed by atoms with E-state index in [1.54, 1.807) is 6.92 Å². The highest BCUT2D eigenvalue weighted by atomic mass is 32.2. The third-order valence-corrected chi connectivity index (χ3v) is 4.61. The molecule has 2 N–H and O–H groups in total. The number of hydrogen-bond acceptors (Lipinski definition) is 5. The number of morpholine rings is 1. The molecule has 0 spiro atoms. The van der Waals surface area contributed by atoms with Crippen molar-refractivity contribution < 1.29 is 13.2 Å². The maximum atomic E-state index is 12.3. The lowest BCUT2D eigenvalue weighted by Crippen LogP contribution is -2.48. The molecule has 0 bridgehead atoms. The molecule has 8 heteroatoms. The number of aromatic nitrogens is 2. The van der Waals surface area contributed by atoms with Crippen molar-refractivity contribution >= 4 is 10.0 Å². The number of rotatable bonds is 4. The topological polar surface area (TPSA) is 87.3 Å². The molecule has 2 rings (SSSR count). The zero-order valence-corrected chi connectivity index (χ0v) is 11.3. The van der Waals surface area contributed by atoms with Crippen LogP contribution in [0.4, 0.5) is 0 Å². The molecule has 1 aliphatic heterocycles. The summed E-state index contributed by atoms with van der Waals surface area (Å²) in [6.07, 6.45) is 1.25. The molecule has 0 radical (unpaired) electrons. The van der Waals surface area contributed by atoms with Gasteiger partial charge in [-0.25, -0.2) is 13.4 Å². The van der Waals surface area contributed by atoms with Crippen molar-refractivity contribution in [2.45, 2.75) is 18.1 Å². The average Bonchev–Trinajstić information content (AvgIpc) is 2.77. The molecule has 1 aromatic rings. The summed E-state index contributed by atoms with van der Waals surface area (Å²) < 4.78 is 31.6. The average molecular weight is 274 g/mol. The van der Waals surface area contributed by atoms with Gasteiger partial charge in [0.15, 0.2) is 5.03 Å². The van der Waals surface area contributed by atoms with Crippen LogP contribution in [0.15, 0.2) is 11.2 Å². The van der Waals surface area contributed by atoms with E-state index in [4.69, 9.17) is 4.74 Å². The molecule has 102 valence electrons. The van der Waals surface area contributed by atoms with Gasteiger partial charge < -0.3 is 15.0 Å². The van der Waals surface area contributed by atoms with E-state index in [0.717, 1.165) is 0 Å². The summed E-state index contributed by atoms with van der Waals surface area (Å²) >= 11 is 0. The van der Waals surface area contributed by atoms with Crippen LogP contribution in [0.3, 0.4) is 0 Å². The summed E-state index contributed by atoms with van der Waals surface area (Å²) in [4.78, 5) is 6.69. The van der Waals surface area contributed by atoms with Crippen LogP contribution in [0, 0.1) is 6.92 Å². The minimum absolute atomic E-state index is 0.109. The van der Waals surface area contributed by atoms with Crippen LogP contribution in [0.1, 0.15) is 5.82 Å². The molecular formula is C10H18N4O3S. The number of ether oxygens (including phenoxy) is 1. The lowest BCUT2D eigenvalue weighted by Gasteiger charge is -2.31. The Bertz CT molecular complexity index is 497. The number of aryl methyl sites for hydroxylation is 1. The van der Waals surface area contributed by atoms with Gasteiger partial charge in [0, 0.05) is 19.6 Å². The summed E-state index contributed by atoms with van der Waals surface area (Å²) in [5, 5.41) is 3.13. The molecule has 18 heavy (non-hydrogen) atoms. The minimum Gasteiger partial charge on any atom is -0.374 e. The first-order valence-electron chi connectivity index (χ1n) is 5.82. The number of nitrogens with zero attached hydrogens (tertiary/aromatic N) is 2. The van der Waals surface area contributed by atoms with Crippen LogP contribution in [-0.4, -0.2) is 62.1 Å². The van der Waals surface area contributed by atoms with Crippen LogP contribution < -0.4 is 5.32 Å². The molecule has 1 fully saturated rings. The maximum absolute atomic E-state index is 12.3. The monoisotopic (exact) mass is 274 g/mol. The summed E-state index contributed by atoms with van der Waals surface area (Å²) in [5.74, 6) is 0.591. The van der Waals surface area contributed by atoms with Gasteiger partial charge in [-0.1, -0.05) is 0 Å². The SMILES string of the molecule is CNCC1CN(S(=O)(=O)c2cnc(C)[nH]2)CCO1. The van der Waals surface area contributed by atoms with E-state index in [2.05, 4.69) is 15.3 Å². The molecule has 1 aromatic heterocycles. The molecule has 1 unspecified atom stereocenters. The van der Waals surface area contributed by atoms with Crippen molar-refractivity contribution in [3.05, 3.63) is 12.0 Å². The number of H-pyrrole nitrogens is 1. The van der Waals surface area contributed by atoms with Gasteiger partial charge in [-0.05, 0) is 14.0 Å². The Hall–Kier alpha value is -0.960. The van der Waals surface area contributed by atoms with Crippen LogP contribution in [-0.2, 0) is 14.8 Å². The molecular weight excluding hydrogens is 256 g/mol. The smallest absolute Gasteiger partial charge is 0.260 e. The predicted octanol–water partition coefficient (Wildman–Crippen LogP) is -0.673. The molecule has 2 heterocycles. The molecule has 1 atom stereocenters. The van der Waals surface area contributed by atoms with E-state index in [0.29, 0.717) is 32.1 Å². The molecule has 1 saturated heterocycles. The molecule has 0 saturated carbocycles. The van der Waals surface area contributed by atoms with Gasteiger partial charge in [-0.3, -0.25) is 0 Å². The molecule has 0 aromatic carbocycles. The van der Waals surface area contributed by atoms with Gasteiger partial charge in [-0.2, -0.15) is 4.31 Å². The Balaban J connectivity index is 2.15. The number of imidazole rings is 1. The molecule has 1 aliphatic rings. The van der Waals surface area contributed by atoms with E-state index in [1.165, 1.54) is 10.5 Å². The quantitative estimate of drug-likeness (QED) is 0.760. The fourth-order valence-corrected chi connectivity index (χ4v) is 3.35. The number of nitrogens with one attached hydrogen (secondary N) is 2. The van der Waals surface area contributed by atoms with Crippen LogP contribution in [0.5, 0.6) is 0 Å². The molecule has 7 nitrogen and oxygen atoms in total. The summed E-state index contributed by atoms with van der Waals surface area (Å²) in [6.45, 7) is 3.51. The van der Waals surface area contributed by atoms with Crippen molar-refractivity contribution in [3.63, 3.8) is 0 Å². The second kappa shape index (κ2) is 5.35. The lowest BCUT2D eigenvalue weighted by molar-refractivity contribution is 0.000762. The third kappa shape index (κ3) is 2.72. The highest BCUT2D eigenvalue weighted by molar-refractivity contribution is 7.89. The van der Waals surface area contributed by atoms with Gasteiger partial charge in [0.1, 0.15) is 5.82 Å². The van der Waals surface area contributed by atoms with Gasteiger partial charge in [-0.15, -0.1) is 0 Å². The largest absolute Gasteiger partial charge is 0.374 e. The highest BCUT2D eigenvalue weighted by Crippen LogP contribution is 2.16. The first-order chi connectivity index (χ1) is 8.54. The van der Waals surface area contributed by atoms with Crippen LogP contribution >= 0.6 is 0 Å². The molecule has 0 amide bonds. The Morgan fingerprint density at radius 2 is 2.44 bits per heavy atom. The lowest BCUT2D eigenvalue weighted by atomic mass is 10.3. The van der Waals surface area contributed by atoms with Gasteiger partial charge in [0.05, 0.1) is 18.9 Å². The number of hydrogen-bond donors (Lipinski definition) is 2. The van der Waals surface area contributed by atoms with Crippen molar-refractivity contribution in [1.82, 2.24) is 19.6 Å². The summed E-state index contributed by atoms with van der Waals surface area (Å²) in [6, 6.07) is 0. The fraction of sp³-hybridized carbons (Fsp3) is 0.700. The van der Waals surface area contributed by atoms with Crippen molar-refractivity contribution in [3.8, 4) is 0 Å². The Kier molecular flexibility index (Phi) is 4.00. The van der Waals surface area contributed by atoms with Gasteiger partial charge >= 0.3 is 0 Å². The van der Waals surface area contributed by atoms with E-state index < -0.39 is 10.0 Å². The first-order valence-corrected chi connectivity index (χ1v) is 7.26. The first kappa shape index (κ1) is 13.5. The Morgan fingerprint density at radius 3 is 3.06 bits per heavy atom. The summed E-state index contributed by atoms with van der Waals surface area (Å²) in [7, 11) is -1.67. The fourth-order valence-electron chi connectivity index (χ4n) is 1.93. The minimum atomic E-state index is -3.48. The third-order valence-electron chi connectivity index (χ3n) is 2.83. The Labute approximate surface area is 107 Å². The van der Waals surface area contributed by atoms with E-state index in [9.17, 15) is 8.42 Å². The van der Waals surface area contributed by atoms with Crippen molar-refractivity contribution in [2.24, 2.45) is 0 Å². The Morgan fingerprint density at radius 1 is 1.67 bits per heavy atom. The maximum Gasteiger partial charge on any atom is 0.260 e. The van der Waals surface area contributed by atoms with Crippen molar-refractivity contribution in [1.29, 1.82) is 0 Å². The zero-order chi connectivity index (χ0) is 13.2. The number of likely N-dealkylation sites (N-methyl/N-ethyl adjacent to an activating group) is 1. The predicted molar refractivity (Wildman–Crippen MR) is 65.8 cm³/mol. The second-order valence-electron chi connectivity index (χ2n) is 4.25. The van der Waals surface area contributed by atoms with Gasteiger partial charge in [0.2, 0.25) is 0 Å². The van der Waals surface area contributed by atoms with Gasteiger partial charge in [0.25, 0.3) is 10.0 Å². The zero-order valence-electron chi connectivity index (χ0n) is 10.5. The van der Waals surface area contributed by atoms with Crippen molar-refractivity contribution in [2.75, 3.05) is 33.3 Å². The summed E-state index contributed by atoms with van der Waals surface area (Å²) in [5.41, 5.74) is 0. The normalized spacial score (nSPS) is 22.2. The standard InChI is InChI=1S/C10H18N4O3S/c1-8-12-6-10(13-8)18(15,16)14-3-4-17-9(7-14)5-11-2/h6,9,11H,3-5,7H2,1-2H3,(H,12,13). The van der Waals surface area contributed by atoms with Crippen LogP contribution in [0.25, 0.3) is 0 Å². The van der Waals surface area contributed by atoms with E-state index >= 15 is 0 Å².